The minimum absolute atomic E-state index is 0.245. The second-order valence-electron chi connectivity index (χ2n) is 5.02. The maximum atomic E-state index is 12.3. The lowest BCUT2D eigenvalue weighted by Crippen LogP contribution is -2.16. The van der Waals surface area contributed by atoms with Gasteiger partial charge in [-0.25, -0.2) is 4.79 Å². The summed E-state index contributed by atoms with van der Waals surface area (Å²) in [6.07, 6.45) is 4.00. The summed E-state index contributed by atoms with van der Waals surface area (Å²) in [5.74, 6) is -1.87. The molecule has 0 unspecified atom stereocenters. The lowest BCUT2D eigenvalue weighted by Gasteiger charge is -2.09. The molecule has 21 heavy (non-hydrogen) atoms. The van der Waals surface area contributed by atoms with Gasteiger partial charge < -0.3 is 20.1 Å². The highest BCUT2D eigenvalue weighted by Crippen LogP contribution is 2.36. The van der Waals surface area contributed by atoms with Crippen LogP contribution in [0.25, 0.3) is 0 Å². The average molecular weight is 286 g/mol. The number of aromatic hydroxyl groups is 1. The number of carboxylic acid groups (broad SMARTS) is 1. The molecule has 3 rings (SSSR count). The van der Waals surface area contributed by atoms with Crippen LogP contribution in [0.15, 0.2) is 36.5 Å². The average Bonchev–Trinajstić information content (AvgIpc) is 3.17. The van der Waals surface area contributed by atoms with Gasteiger partial charge >= 0.3 is 5.97 Å². The first-order valence-electron chi connectivity index (χ1n) is 6.61. The fourth-order valence-corrected chi connectivity index (χ4v) is 2.24. The highest BCUT2D eigenvalue weighted by molar-refractivity contribution is 6.04. The fourth-order valence-electron chi connectivity index (χ4n) is 2.24. The van der Waals surface area contributed by atoms with E-state index in [4.69, 9.17) is 5.11 Å². The van der Waals surface area contributed by atoms with Gasteiger partial charge in [-0.15, -0.1) is 0 Å². The number of anilines is 1. The summed E-state index contributed by atoms with van der Waals surface area (Å²) in [5, 5.41) is 21.1. The van der Waals surface area contributed by atoms with Gasteiger partial charge in [0.05, 0.1) is 0 Å². The Kier molecular flexibility index (Phi) is 3.13. The molecule has 1 aliphatic carbocycles. The molecule has 0 radical (unpaired) electrons. The number of nitrogens with zero attached hydrogens (tertiary/aromatic N) is 1. The first-order valence-corrected chi connectivity index (χ1v) is 6.61. The van der Waals surface area contributed by atoms with Crippen molar-refractivity contribution >= 4 is 17.6 Å². The molecule has 0 saturated heterocycles. The number of carbonyl (C=O) groups is 2. The van der Waals surface area contributed by atoms with E-state index in [0.29, 0.717) is 17.4 Å². The minimum atomic E-state index is -1.25. The van der Waals surface area contributed by atoms with Gasteiger partial charge in [0.2, 0.25) is 0 Å². The smallest absolute Gasteiger partial charge is 0.339 e. The second kappa shape index (κ2) is 4.97. The number of carboxylic acids is 1. The summed E-state index contributed by atoms with van der Waals surface area (Å²) in [6, 6.07) is 7.87. The number of phenols is 1. The lowest BCUT2D eigenvalue weighted by atomic mass is 10.1. The van der Waals surface area contributed by atoms with Crippen LogP contribution in [0.1, 0.15) is 39.7 Å². The fraction of sp³-hybridized carbons (Fsp3) is 0.200. The largest absolute Gasteiger partial charge is 0.507 e. The van der Waals surface area contributed by atoms with E-state index in [1.165, 1.54) is 18.2 Å². The Morgan fingerprint density at radius 3 is 2.67 bits per heavy atom. The van der Waals surface area contributed by atoms with E-state index in [0.717, 1.165) is 12.8 Å². The molecule has 3 N–H and O–H groups in total. The normalized spacial score (nSPS) is 13.9. The number of aromatic carboxylic acids is 1. The van der Waals surface area contributed by atoms with Crippen molar-refractivity contribution in [1.29, 1.82) is 0 Å². The molecule has 0 atom stereocenters. The number of carbonyl (C=O) groups excluding carboxylic acids is 1. The van der Waals surface area contributed by atoms with Crippen molar-refractivity contribution in [3.8, 4) is 5.75 Å². The van der Waals surface area contributed by atoms with E-state index < -0.39 is 5.97 Å². The topological polar surface area (TPSA) is 91.6 Å². The zero-order valence-electron chi connectivity index (χ0n) is 11.1. The number of nitrogens with one attached hydrogen (secondary N) is 1. The number of amides is 1. The molecule has 6 heteroatoms. The lowest BCUT2D eigenvalue weighted by molar-refractivity contribution is 0.0693. The molecule has 1 heterocycles. The molecule has 0 aliphatic heterocycles. The zero-order valence-corrected chi connectivity index (χ0v) is 11.1. The third-order valence-electron chi connectivity index (χ3n) is 3.44. The Hall–Kier alpha value is -2.76. The standard InChI is InChI=1S/C15H14N2O4/c18-13-6-3-9(8-11(13)15(20)21)16-14(19)12-2-1-7-17(12)10-4-5-10/h1-3,6-8,10,18H,4-5H2,(H,16,19)(H,20,21). The van der Waals surface area contributed by atoms with Crippen molar-refractivity contribution < 1.29 is 19.8 Å². The molecule has 1 amide bonds. The van der Waals surface area contributed by atoms with Crippen LogP contribution in [0.3, 0.4) is 0 Å². The van der Waals surface area contributed by atoms with Crippen LogP contribution in [-0.4, -0.2) is 26.7 Å². The maximum absolute atomic E-state index is 12.3. The zero-order chi connectivity index (χ0) is 15.0. The summed E-state index contributed by atoms with van der Waals surface area (Å²) >= 11 is 0. The van der Waals surface area contributed by atoms with E-state index in [1.54, 1.807) is 6.07 Å². The van der Waals surface area contributed by atoms with Gasteiger partial charge in [-0.05, 0) is 43.2 Å². The molecule has 1 saturated carbocycles. The summed E-state index contributed by atoms with van der Waals surface area (Å²) in [7, 11) is 0. The van der Waals surface area contributed by atoms with Crippen molar-refractivity contribution in [2.24, 2.45) is 0 Å². The van der Waals surface area contributed by atoms with E-state index in [2.05, 4.69) is 5.32 Å². The van der Waals surface area contributed by atoms with Gasteiger partial charge in [-0.3, -0.25) is 4.79 Å². The summed E-state index contributed by atoms with van der Waals surface area (Å²) < 4.78 is 1.92. The Labute approximate surface area is 120 Å². The number of aromatic nitrogens is 1. The predicted molar refractivity (Wildman–Crippen MR) is 75.7 cm³/mol. The van der Waals surface area contributed by atoms with E-state index in [1.807, 2.05) is 16.8 Å². The molecule has 0 spiro atoms. The highest BCUT2D eigenvalue weighted by Gasteiger charge is 2.26. The molecule has 0 bridgehead atoms. The third kappa shape index (κ3) is 2.60. The molecule has 1 aromatic carbocycles. The minimum Gasteiger partial charge on any atom is -0.507 e. The van der Waals surface area contributed by atoms with Gasteiger partial charge in [0.1, 0.15) is 17.0 Å². The van der Waals surface area contributed by atoms with E-state index in [-0.39, 0.29) is 17.2 Å². The first-order chi connectivity index (χ1) is 10.1. The Bertz CT molecular complexity index is 716. The van der Waals surface area contributed by atoms with Crippen LogP contribution in [0.4, 0.5) is 5.69 Å². The molecule has 2 aromatic rings. The molecule has 1 fully saturated rings. The van der Waals surface area contributed by atoms with Gasteiger partial charge in [-0.2, -0.15) is 0 Å². The maximum Gasteiger partial charge on any atom is 0.339 e. The summed E-state index contributed by atoms with van der Waals surface area (Å²) in [6.45, 7) is 0. The predicted octanol–water partition coefficient (Wildman–Crippen LogP) is 2.48. The Morgan fingerprint density at radius 2 is 2.00 bits per heavy atom. The second-order valence-corrected chi connectivity index (χ2v) is 5.02. The van der Waals surface area contributed by atoms with Crippen LogP contribution < -0.4 is 5.32 Å². The van der Waals surface area contributed by atoms with Crippen molar-refractivity contribution in [3.05, 3.63) is 47.8 Å². The van der Waals surface area contributed by atoms with E-state index >= 15 is 0 Å². The summed E-state index contributed by atoms with van der Waals surface area (Å²) in [5.41, 5.74) is 0.631. The quantitative estimate of drug-likeness (QED) is 0.753. The highest BCUT2D eigenvalue weighted by atomic mass is 16.4. The summed E-state index contributed by atoms with van der Waals surface area (Å²) in [4.78, 5) is 23.2. The molecular weight excluding hydrogens is 272 g/mol. The van der Waals surface area contributed by atoms with Gasteiger partial charge in [-0.1, -0.05) is 0 Å². The number of benzene rings is 1. The Morgan fingerprint density at radius 1 is 1.24 bits per heavy atom. The number of hydrogen-bond acceptors (Lipinski definition) is 3. The molecule has 1 aliphatic rings. The van der Waals surface area contributed by atoms with Crippen molar-refractivity contribution in [3.63, 3.8) is 0 Å². The monoisotopic (exact) mass is 286 g/mol. The van der Waals surface area contributed by atoms with Crippen LogP contribution in [0.5, 0.6) is 5.75 Å². The van der Waals surface area contributed by atoms with Gasteiger partial charge in [0.15, 0.2) is 0 Å². The third-order valence-corrected chi connectivity index (χ3v) is 3.44. The molecule has 6 nitrogen and oxygen atoms in total. The van der Waals surface area contributed by atoms with Crippen LogP contribution in [0, 0.1) is 0 Å². The van der Waals surface area contributed by atoms with Crippen molar-refractivity contribution in [2.45, 2.75) is 18.9 Å². The molecule has 1 aromatic heterocycles. The molecule has 108 valence electrons. The molecular formula is C15H14N2O4. The van der Waals surface area contributed by atoms with Crippen molar-refractivity contribution in [2.75, 3.05) is 5.32 Å². The van der Waals surface area contributed by atoms with Crippen LogP contribution in [-0.2, 0) is 0 Å². The first kappa shape index (κ1) is 13.2. The SMILES string of the molecule is O=C(O)c1cc(NC(=O)c2cccn2C2CC2)ccc1O. The Balaban J connectivity index is 1.83. The number of hydrogen-bond donors (Lipinski definition) is 3. The van der Waals surface area contributed by atoms with Crippen LogP contribution >= 0.6 is 0 Å². The van der Waals surface area contributed by atoms with Gasteiger partial charge in [0, 0.05) is 17.9 Å². The van der Waals surface area contributed by atoms with Crippen LogP contribution in [0.2, 0.25) is 0 Å². The van der Waals surface area contributed by atoms with Gasteiger partial charge in [0.25, 0.3) is 5.91 Å². The van der Waals surface area contributed by atoms with E-state index in [9.17, 15) is 14.7 Å². The number of rotatable bonds is 4. The van der Waals surface area contributed by atoms with Crippen molar-refractivity contribution in [1.82, 2.24) is 4.57 Å².